The van der Waals surface area contributed by atoms with Crippen LogP contribution in [0.3, 0.4) is 0 Å². The van der Waals surface area contributed by atoms with E-state index in [0.717, 1.165) is 41.4 Å². The largest absolute Gasteiger partial charge is 0.497 e. The zero-order valence-electron chi connectivity index (χ0n) is 18.0. The highest BCUT2D eigenvalue weighted by Crippen LogP contribution is 2.29. The molecule has 1 aromatic carbocycles. The lowest BCUT2D eigenvalue weighted by atomic mass is 10.1. The Balaban J connectivity index is 2.09. The van der Waals surface area contributed by atoms with E-state index in [1.165, 1.54) is 0 Å². The van der Waals surface area contributed by atoms with Gasteiger partial charge < -0.3 is 24.7 Å². The van der Waals surface area contributed by atoms with E-state index < -0.39 is 0 Å². The summed E-state index contributed by atoms with van der Waals surface area (Å²) in [6.45, 7) is 12.0. The molecule has 2 N–H and O–H groups in total. The van der Waals surface area contributed by atoms with Gasteiger partial charge in [0.25, 0.3) is 0 Å². The van der Waals surface area contributed by atoms with Crippen molar-refractivity contribution in [2.24, 2.45) is 4.99 Å². The van der Waals surface area contributed by atoms with Crippen molar-refractivity contribution in [3.05, 3.63) is 48.1 Å². The molecule has 8 heteroatoms. The van der Waals surface area contributed by atoms with Crippen LogP contribution in [0.1, 0.15) is 38.2 Å². The molecule has 0 spiro atoms. The number of hydrogen-bond donors (Lipinski definition) is 2. The summed E-state index contributed by atoms with van der Waals surface area (Å²) in [7, 11) is 3.32. The predicted octanol–water partition coefficient (Wildman–Crippen LogP) is 2.73. The van der Waals surface area contributed by atoms with Gasteiger partial charge in [-0.25, -0.2) is 4.99 Å². The number of aromatic nitrogens is 3. The zero-order valence-corrected chi connectivity index (χ0v) is 18.0. The number of nitrogens with one attached hydrogen (secondary N) is 2. The summed E-state index contributed by atoms with van der Waals surface area (Å²) in [5, 5.41) is 14.9. The van der Waals surface area contributed by atoms with E-state index in [0.29, 0.717) is 19.0 Å². The van der Waals surface area contributed by atoms with E-state index in [2.05, 4.69) is 46.2 Å². The molecule has 0 aliphatic carbocycles. The topological polar surface area (TPSA) is 85.6 Å². The molecule has 1 unspecified atom stereocenters. The first-order chi connectivity index (χ1) is 14.0. The Morgan fingerprint density at radius 3 is 2.76 bits per heavy atom. The number of aliphatic imine (C=N–C) groups is 1. The molecule has 0 saturated heterocycles. The van der Waals surface area contributed by atoms with Gasteiger partial charge in [0.15, 0.2) is 5.96 Å². The SMILES string of the molecule is C=C(C)CN=C(NCCn1cnnc1CC)NC(C)c1cc(OC)ccc1OC. The quantitative estimate of drug-likeness (QED) is 0.362. The number of ether oxygens (including phenoxy) is 2. The monoisotopic (exact) mass is 400 g/mol. The fourth-order valence-corrected chi connectivity index (χ4v) is 2.86. The van der Waals surface area contributed by atoms with Gasteiger partial charge >= 0.3 is 0 Å². The minimum absolute atomic E-state index is 0.0439. The lowest BCUT2D eigenvalue weighted by molar-refractivity contribution is 0.394. The summed E-state index contributed by atoms with van der Waals surface area (Å²) in [5.74, 6) is 3.25. The van der Waals surface area contributed by atoms with Crippen molar-refractivity contribution in [2.75, 3.05) is 27.3 Å². The summed E-state index contributed by atoms with van der Waals surface area (Å²) in [5.41, 5.74) is 1.98. The molecule has 1 aromatic heterocycles. The van der Waals surface area contributed by atoms with Crippen LogP contribution in [0, 0.1) is 0 Å². The van der Waals surface area contributed by atoms with Gasteiger partial charge in [-0.3, -0.25) is 0 Å². The smallest absolute Gasteiger partial charge is 0.192 e. The third kappa shape index (κ3) is 6.51. The Hall–Kier alpha value is -3.03. The highest BCUT2D eigenvalue weighted by Gasteiger charge is 2.14. The Kier molecular flexibility index (Phi) is 8.51. The molecule has 8 nitrogen and oxygen atoms in total. The van der Waals surface area contributed by atoms with E-state index in [-0.39, 0.29) is 6.04 Å². The van der Waals surface area contributed by atoms with E-state index in [4.69, 9.17) is 9.47 Å². The van der Waals surface area contributed by atoms with Crippen LogP contribution in [0.2, 0.25) is 0 Å². The normalized spacial score (nSPS) is 12.4. The molecule has 1 atom stereocenters. The summed E-state index contributed by atoms with van der Waals surface area (Å²) >= 11 is 0. The Labute approximate surface area is 173 Å². The van der Waals surface area contributed by atoms with Crippen molar-refractivity contribution in [1.29, 1.82) is 0 Å². The molecule has 2 aromatic rings. The van der Waals surface area contributed by atoms with Gasteiger partial charge in [-0.05, 0) is 32.0 Å². The van der Waals surface area contributed by atoms with Crippen molar-refractivity contribution in [1.82, 2.24) is 25.4 Å². The van der Waals surface area contributed by atoms with Gasteiger partial charge in [-0.2, -0.15) is 0 Å². The summed E-state index contributed by atoms with van der Waals surface area (Å²) in [6, 6.07) is 5.71. The average Bonchev–Trinajstić information content (AvgIpc) is 3.18. The molecule has 0 aliphatic rings. The molecule has 0 fully saturated rings. The molecular formula is C21H32N6O2. The van der Waals surface area contributed by atoms with Gasteiger partial charge in [-0.15, -0.1) is 10.2 Å². The van der Waals surface area contributed by atoms with Crippen LogP contribution >= 0.6 is 0 Å². The number of guanidine groups is 1. The molecule has 1 heterocycles. The number of aryl methyl sites for hydroxylation is 1. The number of rotatable bonds is 10. The van der Waals surface area contributed by atoms with Crippen LogP contribution in [-0.2, 0) is 13.0 Å². The molecule has 158 valence electrons. The second-order valence-corrected chi connectivity index (χ2v) is 6.82. The Bertz CT molecular complexity index is 830. The van der Waals surface area contributed by atoms with Crippen molar-refractivity contribution in [3.8, 4) is 11.5 Å². The maximum Gasteiger partial charge on any atom is 0.192 e. The van der Waals surface area contributed by atoms with Gasteiger partial charge in [0.2, 0.25) is 0 Å². The highest BCUT2D eigenvalue weighted by molar-refractivity contribution is 5.80. The molecule has 2 rings (SSSR count). The van der Waals surface area contributed by atoms with E-state index in [9.17, 15) is 0 Å². The summed E-state index contributed by atoms with van der Waals surface area (Å²) < 4.78 is 12.9. The third-order valence-corrected chi connectivity index (χ3v) is 4.42. The van der Waals surface area contributed by atoms with Crippen LogP contribution in [0.5, 0.6) is 11.5 Å². The lowest BCUT2D eigenvalue weighted by Crippen LogP contribution is -2.40. The highest BCUT2D eigenvalue weighted by atomic mass is 16.5. The number of benzene rings is 1. The predicted molar refractivity (Wildman–Crippen MR) is 116 cm³/mol. The molecule has 29 heavy (non-hydrogen) atoms. The number of hydrogen-bond acceptors (Lipinski definition) is 5. The standard InChI is InChI=1S/C21H32N6O2/c1-7-20-26-24-14-27(20)11-10-22-21(23-13-15(2)3)25-16(4)18-12-17(28-5)8-9-19(18)29-6/h8-9,12,14,16H,2,7,10-11,13H2,1,3-6H3,(H2,22,23,25). The minimum atomic E-state index is -0.0439. The van der Waals surface area contributed by atoms with Crippen LogP contribution in [0.15, 0.2) is 41.7 Å². The molecule has 0 saturated carbocycles. The van der Waals surface area contributed by atoms with Crippen molar-refractivity contribution in [3.63, 3.8) is 0 Å². The lowest BCUT2D eigenvalue weighted by Gasteiger charge is -2.21. The maximum atomic E-state index is 5.51. The number of methoxy groups -OCH3 is 2. The van der Waals surface area contributed by atoms with Gasteiger partial charge in [-0.1, -0.05) is 19.1 Å². The van der Waals surface area contributed by atoms with Gasteiger partial charge in [0, 0.05) is 25.1 Å². The fraction of sp³-hybridized carbons (Fsp3) is 0.476. The maximum absolute atomic E-state index is 5.51. The molecule has 0 radical (unpaired) electrons. The van der Waals surface area contributed by atoms with Crippen LogP contribution < -0.4 is 20.1 Å². The van der Waals surface area contributed by atoms with Crippen LogP contribution in [0.25, 0.3) is 0 Å². The molecule has 0 amide bonds. The molecule has 0 aliphatic heterocycles. The van der Waals surface area contributed by atoms with Crippen molar-refractivity contribution >= 4 is 5.96 Å². The van der Waals surface area contributed by atoms with Gasteiger partial charge in [0.1, 0.15) is 23.7 Å². The van der Waals surface area contributed by atoms with Crippen LogP contribution in [0.4, 0.5) is 0 Å². The fourth-order valence-electron chi connectivity index (χ4n) is 2.86. The summed E-state index contributed by atoms with van der Waals surface area (Å²) in [4.78, 5) is 4.63. The Morgan fingerprint density at radius 1 is 1.31 bits per heavy atom. The first-order valence-corrected chi connectivity index (χ1v) is 9.76. The average molecular weight is 401 g/mol. The van der Waals surface area contributed by atoms with Gasteiger partial charge in [0.05, 0.1) is 26.8 Å². The van der Waals surface area contributed by atoms with E-state index in [1.807, 2.05) is 29.7 Å². The van der Waals surface area contributed by atoms with Crippen molar-refractivity contribution < 1.29 is 9.47 Å². The summed E-state index contributed by atoms with van der Waals surface area (Å²) in [6.07, 6.45) is 2.60. The second-order valence-electron chi connectivity index (χ2n) is 6.82. The Morgan fingerprint density at radius 2 is 2.10 bits per heavy atom. The molecular weight excluding hydrogens is 368 g/mol. The van der Waals surface area contributed by atoms with E-state index >= 15 is 0 Å². The molecule has 0 bridgehead atoms. The third-order valence-electron chi connectivity index (χ3n) is 4.42. The first kappa shape index (κ1) is 22.3. The second kappa shape index (κ2) is 11.1. The zero-order chi connectivity index (χ0) is 21.2. The van der Waals surface area contributed by atoms with E-state index in [1.54, 1.807) is 20.5 Å². The first-order valence-electron chi connectivity index (χ1n) is 9.76. The minimum Gasteiger partial charge on any atom is -0.497 e. The van der Waals surface area contributed by atoms with Crippen LogP contribution in [-0.4, -0.2) is 48.0 Å². The number of nitrogens with zero attached hydrogens (tertiary/aromatic N) is 4. The van der Waals surface area contributed by atoms with Crippen molar-refractivity contribution in [2.45, 2.75) is 39.8 Å².